The highest BCUT2D eigenvalue weighted by Crippen LogP contribution is 2.38. The van der Waals surface area contributed by atoms with Gasteiger partial charge in [-0.05, 0) is 32.1 Å². The fourth-order valence-electron chi connectivity index (χ4n) is 5.10. The van der Waals surface area contributed by atoms with Crippen molar-refractivity contribution in [3.63, 3.8) is 0 Å². The van der Waals surface area contributed by atoms with Crippen LogP contribution in [0.1, 0.15) is 117 Å². The largest absolute Gasteiger partial charge is 0.756 e. The van der Waals surface area contributed by atoms with E-state index in [9.17, 15) is 23.8 Å². The molecule has 0 aromatic heterocycles. The molecule has 250 valence electrons. The van der Waals surface area contributed by atoms with Gasteiger partial charge < -0.3 is 34.6 Å². The van der Waals surface area contributed by atoms with Crippen molar-refractivity contribution in [1.82, 2.24) is 0 Å². The van der Waals surface area contributed by atoms with Gasteiger partial charge in [-0.15, -0.1) is 0 Å². The van der Waals surface area contributed by atoms with Crippen molar-refractivity contribution in [2.45, 2.75) is 117 Å². The van der Waals surface area contributed by atoms with Crippen LogP contribution in [0.2, 0.25) is 0 Å². The van der Waals surface area contributed by atoms with E-state index in [2.05, 4.69) is 19.2 Å². The average Bonchev–Trinajstić information content (AvgIpc) is 2.98. The monoisotopic (exact) mass is 630 g/mol. The Morgan fingerprint density at radius 2 is 1.35 bits per heavy atom. The summed E-state index contributed by atoms with van der Waals surface area (Å²) in [6, 6.07) is 0. The molecule has 43 heavy (non-hydrogen) atoms. The number of carbonyl (C=O) groups is 1. The number of carbonyl (C=O) groups excluding carboxylic acids is 1. The maximum atomic E-state index is 12.7. The number of rotatable bonds is 29. The molecule has 0 heterocycles. The number of ether oxygens (including phenoxy) is 1. The van der Waals surface area contributed by atoms with Crippen molar-refractivity contribution in [1.29, 1.82) is 0 Å². The summed E-state index contributed by atoms with van der Waals surface area (Å²) in [5.41, 5.74) is 4.73. The van der Waals surface area contributed by atoms with Gasteiger partial charge in [-0.2, -0.15) is 0 Å². The molecule has 1 aromatic carbocycles. The maximum Gasteiger partial charge on any atom is 0.308 e. The number of nitrogens with zero attached hydrogens (tertiary/aromatic N) is 1. The number of phosphoric ester groups is 1. The van der Waals surface area contributed by atoms with E-state index in [1.807, 2.05) is 0 Å². The minimum absolute atomic E-state index is 0.00673. The molecule has 2 atom stereocenters. The van der Waals surface area contributed by atoms with Gasteiger partial charge in [-0.1, -0.05) is 84.5 Å². The summed E-state index contributed by atoms with van der Waals surface area (Å²) in [6.45, 7) is 5.06. The van der Waals surface area contributed by atoms with Crippen molar-refractivity contribution in [3.8, 4) is 0 Å². The SMILES string of the molecule is CCCCCCCCC(CCCCCC)C(=O)OCCCCCCOP(=O)([O-])OCCN(CCN)c1c(NC)c(=O)c1=O. The van der Waals surface area contributed by atoms with Gasteiger partial charge in [-0.25, -0.2) is 0 Å². The maximum absolute atomic E-state index is 12.7. The first-order chi connectivity index (χ1) is 20.7. The van der Waals surface area contributed by atoms with Crippen LogP contribution in [0, 0.1) is 5.92 Å². The highest BCUT2D eigenvalue weighted by molar-refractivity contribution is 7.45. The predicted octanol–water partition coefficient (Wildman–Crippen LogP) is 5.03. The summed E-state index contributed by atoms with van der Waals surface area (Å²) in [5, 5.41) is 2.69. The van der Waals surface area contributed by atoms with Crippen LogP contribution in [-0.4, -0.2) is 52.5 Å². The molecule has 11 nitrogen and oxygen atoms in total. The number of unbranched alkanes of at least 4 members (excludes halogenated alkanes) is 11. The topological polar surface area (TPSA) is 160 Å². The minimum Gasteiger partial charge on any atom is -0.756 e. The normalized spacial score (nSPS) is 13.6. The van der Waals surface area contributed by atoms with E-state index < -0.39 is 18.7 Å². The Kier molecular flexibility index (Phi) is 21.5. The second kappa shape index (κ2) is 23.6. The Hall–Kier alpha value is -1.78. The van der Waals surface area contributed by atoms with Gasteiger partial charge in [0.2, 0.25) is 0 Å². The first-order valence-electron chi connectivity index (χ1n) is 16.4. The number of anilines is 2. The van der Waals surface area contributed by atoms with Crippen LogP contribution in [-0.2, 0) is 23.1 Å². The van der Waals surface area contributed by atoms with Gasteiger partial charge in [0.15, 0.2) is 0 Å². The second-order valence-corrected chi connectivity index (χ2v) is 12.6. The Bertz CT molecular complexity index is 998. The zero-order chi connectivity index (χ0) is 31.9. The van der Waals surface area contributed by atoms with Crippen LogP contribution in [0.4, 0.5) is 11.4 Å². The van der Waals surface area contributed by atoms with Crippen LogP contribution < -0.4 is 31.7 Å². The smallest absolute Gasteiger partial charge is 0.308 e. The van der Waals surface area contributed by atoms with Gasteiger partial charge in [-0.3, -0.25) is 18.9 Å². The molecular weight excluding hydrogens is 573 g/mol. The molecule has 1 aromatic rings. The van der Waals surface area contributed by atoms with E-state index in [0.29, 0.717) is 13.0 Å². The zero-order valence-corrected chi connectivity index (χ0v) is 27.8. The highest BCUT2D eigenvalue weighted by Gasteiger charge is 2.25. The lowest BCUT2D eigenvalue weighted by Gasteiger charge is -2.28. The third kappa shape index (κ3) is 16.2. The predicted molar refractivity (Wildman–Crippen MR) is 171 cm³/mol. The summed E-state index contributed by atoms with van der Waals surface area (Å²) in [5.74, 6) is -0.0848. The molecule has 0 saturated heterocycles. The van der Waals surface area contributed by atoms with Crippen LogP contribution in [0.15, 0.2) is 9.59 Å². The molecule has 0 radical (unpaired) electrons. The van der Waals surface area contributed by atoms with Crippen molar-refractivity contribution < 1.29 is 28.0 Å². The minimum atomic E-state index is -4.52. The Labute approximate surface area is 258 Å². The number of esters is 1. The molecule has 0 amide bonds. The van der Waals surface area contributed by atoms with E-state index in [1.54, 1.807) is 0 Å². The molecular formula is C31H57N3O8P-. The first kappa shape index (κ1) is 39.2. The second-order valence-electron chi connectivity index (χ2n) is 11.2. The third-order valence-corrected chi connectivity index (χ3v) is 8.64. The lowest BCUT2D eigenvalue weighted by molar-refractivity contribution is -0.225. The first-order valence-corrected chi connectivity index (χ1v) is 17.9. The van der Waals surface area contributed by atoms with Crippen LogP contribution in [0.5, 0.6) is 0 Å². The van der Waals surface area contributed by atoms with E-state index in [4.69, 9.17) is 19.5 Å². The molecule has 0 spiro atoms. The summed E-state index contributed by atoms with van der Waals surface area (Å²) < 4.78 is 27.6. The van der Waals surface area contributed by atoms with E-state index in [-0.39, 0.29) is 56.1 Å². The Balaban J connectivity index is 2.26. The molecule has 12 heteroatoms. The number of hydrogen-bond donors (Lipinski definition) is 2. The van der Waals surface area contributed by atoms with E-state index in [1.165, 1.54) is 56.9 Å². The zero-order valence-electron chi connectivity index (χ0n) is 26.9. The lowest BCUT2D eigenvalue weighted by atomic mass is 9.94. The van der Waals surface area contributed by atoms with Crippen molar-refractivity contribution in [3.05, 3.63) is 20.4 Å². The van der Waals surface area contributed by atoms with Gasteiger partial charge in [0.25, 0.3) is 18.7 Å². The molecule has 0 bridgehead atoms. The number of nitrogens with one attached hydrogen (secondary N) is 1. The number of nitrogens with two attached hydrogens (primary N) is 1. The van der Waals surface area contributed by atoms with Crippen LogP contribution in [0.25, 0.3) is 0 Å². The van der Waals surface area contributed by atoms with Gasteiger partial charge in [0, 0.05) is 26.7 Å². The van der Waals surface area contributed by atoms with Crippen molar-refractivity contribution in [2.75, 3.05) is 56.7 Å². The van der Waals surface area contributed by atoms with Crippen LogP contribution in [0.3, 0.4) is 0 Å². The standard InChI is InChI=1S/C31H58N3O8P/c1-4-6-8-10-11-15-19-26(18-14-9-7-5-2)31(37)40-23-16-12-13-17-24-41-43(38,39)42-25-22-34(21-20-32)28-27(33-3)29(35)30(28)36/h26,33H,4-25,32H2,1-3H3,(H,38,39)/p-1. The molecule has 0 aliphatic rings. The van der Waals surface area contributed by atoms with Gasteiger partial charge >= 0.3 is 5.97 Å². The Morgan fingerprint density at radius 1 is 0.814 bits per heavy atom. The molecule has 0 saturated carbocycles. The lowest BCUT2D eigenvalue weighted by Crippen LogP contribution is -2.45. The summed E-state index contributed by atoms with van der Waals surface area (Å²) in [7, 11) is -2.98. The number of hydrogen-bond acceptors (Lipinski definition) is 11. The third-order valence-electron chi connectivity index (χ3n) is 7.64. The van der Waals surface area contributed by atoms with Crippen molar-refractivity contribution in [2.24, 2.45) is 11.7 Å². The summed E-state index contributed by atoms with van der Waals surface area (Å²) in [4.78, 5) is 50.0. The molecule has 0 aliphatic heterocycles. The van der Waals surface area contributed by atoms with Gasteiger partial charge in [0.1, 0.15) is 11.4 Å². The van der Waals surface area contributed by atoms with Crippen molar-refractivity contribution >= 4 is 25.2 Å². The average molecular weight is 631 g/mol. The molecule has 0 fully saturated rings. The molecule has 3 N–H and O–H groups in total. The summed E-state index contributed by atoms with van der Waals surface area (Å²) in [6.07, 6.45) is 16.4. The highest BCUT2D eigenvalue weighted by atomic mass is 31.2. The number of phosphoric acid groups is 1. The van der Waals surface area contributed by atoms with E-state index in [0.717, 1.165) is 51.4 Å². The molecule has 2 unspecified atom stereocenters. The fraction of sp³-hybridized carbons (Fsp3) is 0.839. The Morgan fingerprint density at radius 3 is 1.95 bits per heavy atom. The quantitative estimate of drug-likeness (QED) is 0.0529. The van der Waals surface area contributed by atoms with Gasteiger partial charge in [0.05, 0.1) is 25.7 Å². The molecule has 0 aliphatic carbocycles. The van der Waals surface area contributed by atoms with E-state index >= 15 is 0 Å². The summed E-state index contributed by atoms with van der Waals surface area (Å²) >= 11 is 0. The van der Waals surface area contributed by atoms with Crippen LogP contribution >= 0.6 is 7.82 Å². The fourth-order valence-corrected chi connectivity index (χ4v) is 5.83. The molecule has 1 rings (SSSR count).